The topological polar surface area (TPSA) is 81.7 Å². The molecule has 1 fully saturated rings. The number of carbonyl (C=O) groups is 1. The van der Waals surface area contributed by atoms with E-state index in [1.165, 1.54) is 7.05 Å². The van der Waals surface area contributed by atoms with Crippen LogP contribution in [0.5, 0.6) is 5.75 Å². The third kappa shape index (κ3) is 4.92. The van der Waals surface area contributed by atoms with E-state index in [0.29, 0.717) is 17.9 Å². The molecule has 0 spiro atoms. The highest BCUT2D eigenvalue weighted by Gasteiger charge is 2.53. The minimum atomic E-state index is -3.67. The van der Waals surface area contributed by atoms with Gasteiger partial charge in [-0.2, -0.15) is 0 Å². The van der Waals surface area contributed by atoms with Crippen molar-refractivity contribution in [3.05, 3.63) is 64.2 Å². The lowest BCUT2D eigenvalue weighted by atomic mass is 9.60. The van der Waals surface area contributed by atoms with Crippen molar-refractivity contribution in [1.82, 2.24) is 5.32 Å². The van der Waals surface area contributed by atoms with Gasteiger partial charge in [-0.15, -0.1) is 0 Å². The predicted octanol–water partition coefficient (Wildman–Crippen LogP) is 3.45. The zero-order valence-electron chi connectivity index (χ0n) is 18.7. The fraction of sp³-hybridized carbons (Fsp3) is 0.458. The fourth-order valence-electron chi connectivity index (χ4n) is 5.14. The molecule has 34 heavy (non-hydrogen) atoms. The van der Waals surface area contributed by atoms with Gasteiger partial charge in [0.15, 0.2) is 21.4 Å². The number of carbonyl (C=O) groups excluding carboxylic acids is 1. The smallest absolute Gasteiger partial charge is 0.234 e. The van der Waals surface area contributed by atoms with E-state index < -0.39 is 50.6 Å². The standard InChI is InChI=1S/C24H26ClF2NO5S/c1-28-21(29)14-34(30,31)11-8-20-17-13-33-23-19(27)7-6-18(26)22(23)24(17,9-10-32-20)12-15-2-4-16(25)5-3-15/h2-7,17,20H,8-14H2,1H3,(H,28,29)/t17-,20-,24-/m0/s1. The molecule has 184 valence electrons. The molecule has 10 heteroatoms. The summed E-state index contributed by atoms with van der Waals surface area (Å²) in [5.41, 5.74) is 0.195. The average molecular weight is 514 g/mol. The Kier molecular flexibility index (Phi) is 7.17. The molecular weight excluding hydrogens is 488 g/mol. The minimum absolute atomic E-state index is 0.0567. The molecule has 2 heterocycles. The highest BCUT2D eigenvalue weighted by atomic mass is 35.5. The van der Waals surface area contributed by atoms with Gasteiger partial charge in [0.05, 0.1) is 18.5 Å². The number of benzene rings is 2. The quantitative estimate of drug-likeness (QED) is 0.613. The molecule has 3 atom stereocenters. The molecule has 6 nitrogen and oxygen atoms in total. The van der Waals surface area contributed by atoms with Crippen molar-refractivity contribution in [2.45, 2.75) is 30.8 Å². The van der Waals surface area contributed by atoms with Crippen LogP contribution in [0.3, 0.4) is 0 Å². The van der Waals surface area contributed by atoms with Crippen molar-refractivity contribution in [1.29, 1.82) is 0 Å². The van der Waals surface area contributed by atoms with Crippen LogP contribution in [-0.2, 0) is 31.2 Å². The Balaban J connectivity index is 1.70. The molecule has 2 aromatic rings. The van der Waals surface area contributed by atoms with Gasteiger partial charge in [-0.3, -0.25) is 4.79 Å². The molecule has 2 aromatic carbocycles. The first-order valence-electron chi connectivity index (χ1n) is 11.0. The number of halogens is 3. The summed E-state index contributed by atoms with van der Waals surface area (Å²) in [5, 5.41) is 2.87. The molecular formula is C24H26ClF2NO5S. The van der Waals surface area contributed by atoms with Crippen molar-refractivity contribution < 1.29 is 31.5 Å². The van der Waals surface area contributed by atoms with E-state index in [9.17, 15) is 17.6 Å². The summed E-state index contributed by atoms with van der Waals surface area (Å²) in [6, 6.07) is 9.33. The summed E-state index contributed by atoms with van der Waals surface area (Å²) in [6.07, 6.45) is 0.341. The SMILES string of the molecule is CNC(=O)CS(=O)(=O)CC[C@@H]1OCC[C@@]2(Cc3ccc(Cl)cc3)c3c(F)ccc(F)c3OC[C@@H]12. The fourth-order valence-corrected chi connectivity index (χ4v) is 6.54. The first-order valence-corrected chi connectivity index (χ1v) is 13.2. The summed E-state index contributed by atoms with van der Waals surface area (Å²) >= 11 is 6.04. The van der Waals surface area contributed by atoms with Crippen LogP contribution in [0.1, 0.15) is 24.0 Å². The van der Waals surface area contributed by atoms with Crippen molar-refractivity contribution in [3.63, 3.8) is 0 Å². The third-order valence-corrected chi connectivity index (χ3v) is 8.59. The summed E-state index contributed by atoms with van der Waals surface area (Å²) in [4.78, 5) is 11.6. The molecule has 0 aromatic heterocycles. The lowest BCUT2D eigenvalue weighted by molar-refractivity contribution is -0.118. The summed E-state index contributed by atoms with van der Waals surface area (Å²) < 4.78 is 66.5. The summed E-state index contributed by atoms with van der Waals surface area (Å²) in [7, 11) is -2.30. The Morgan fingerprint density at radius 1 is 1.18 bits per heavy atom. The van der Waals surface area contributed by atoms with Crippen LogP contribution in [0.4, 0.5) is 8.78 Å². The predicted molar refractivity (Wildman–Crippen MR) is 124 cm³/mol. The van der Waals surface area contributed by atoms with E-state index in [2.05, 4.69) is 5.32 Å². The van der Waals surface area contributed by atoms with Crippen LogP contribution in [0.15, 0.2) is 36.4 Å². The van der Waals surface area contributed by atoms with Crippen LogP contribution in [0, 0.1) is 17.6 Å². The monoisotopic (exact) mass is 513 g/mol. The first kappa shape index (κ1) is 24.9. The van der Waals surface area contributed by atoms with Gasteiger partial charge in [0.2, 0.25) is 5.91 Å². The average Bonchev–Trinajstić information content (AvgIpc) is 2.80. The Morgan fingerprint density at radius 3 is 2.59 bits per heavy atom. The largest absolute Gasteiger partial charge is 0.490 e. The summed E-state index contributed by atoms with van der Waals surface area (Å²) in [6.45, 7) is 0.306. The number of fused-ring (bicyclic) bond motifs is 3. The van der Waals surface area contributed by atoms with Gasteiger partial charge in [-0.05, 0) is 49.1 Å². The van der Waals surface area contributed by atoms with Crippen LogP contribution >= 0.6 is 11.6 Å². The maximum absolute atomic E-state index is 15.3. The van der Waals surface area contributed by atoms with Gasteiger partial charge < -0.3 is 14.8 Å². The molecule has 0 radical (unpaired) electrons. The summed E-state index contributed by atoms with van der Waals surface area (Å²) in [5.74, 6) is -3.19. The van der Waals surface area contributed by atoms with Crippen LogP contribution < -0.4 is 10.1 Å². The van der Waals surface area contributed by atoms with Gasteiger partial charge in [0.1, 0.15) is 11.6 Å². The molecule has 1 amide bonds. The van der Waals surface area contributed by atoms with E-state index in [1.54, 1.807) is 12.1 Å². The molecule has 2 aliphatic rings. The number of hydrogen-bond acceptors (Lipinski definition) is 5. The molecule has 1 saturated heterocycles. The van der Waals surface area contributed by atoms with Gasteiger partial charge in [-0.25, -0.2) is 17.2 Å². The zero-order chi connectivity index (χ0) is 24.5. The van der Waals surface area contributed by atoms with Gasteiger partial charge in [-0.1, -0.05) is 23.7 Å². The number of ether oxygens (including phenoxy) is 2. The molecule has 0 unspecified atom stereocenters. The number of amides is 1. The molecule has 0 aliphatic carbocycles. The lowest BCUT2D eigenvalue weighted by Gasteiger charge is -2.51. The molecule has 2 aliphatic heterocycles. The Labute approximate surface area is 202 Å². The second-order valence-corrected chi connectivity index (χ2v) is 11.4. The lowest BCUT2D eigenvalue weighted by Crippen LogP contribution is -2.55. The van der Waals surface area contributed by atoms with E-state index in [1.807, 2.05) is 12.1 Å². The number of rotatable bonds is 7. The Hall–Kier alpha value is -2.23. The number of nitrogens with one attached hydrogen (secondary N) is 1. The van der Waals surface area contributed by atoms with Gasteiger partial charge in [0.25, 0.3) is 0 Å². The Bertz CT molecular complexity index is 1170. The van der Waals surface area contributed by atoms with Crippen molar-refractivity contribution >= 4 is 27.3 Å². The molecule has 0 bridgehead atoms. The van der Waals surface area contributed by atoms with E-state index in [4.69, 9.17) is 21.1 Å². The highest BCUT2D eigenvalue weighted by Crippen LogP contribution is 2.52. The molecule has 1 N–H and O–H groups in total. The van der Waals surface area contributed by atoms with Crippen LogP contribution in [0.2, 0.25) is 5.02 Å². The maximum atomic E-state index is 15.3. The first-order chi connectivity index (χ1) is 16.1. The van der Waals surface area contributed by atoms with Crippen LogP contribution in [-0.4, -0.2) is 52.2 Å². The second kappa shape index (κ2) is 9.79. The van der Waals surface area contributed by atoms with E-state index in [0.717, 1.165) is 17.7 Å². The normalized spacial score (nSPS) is 24.0. The Morgan fingerprint density at radius 2 is 1.88 bits per heavy atom. The highest BCUT2D eigenvalue weighted by molar-refractivity contribution is 7.92. The third-order valence-electron chi connectivity index (χ3n) is 6.78. The zero-order valence-corrected chi connectivity index (χ0v) is 20.2. The van der Waals surface area contributed by atoms with Gasteiger partial charge in [0, 0.05) is 35.6 Å². The van der Waals surface area contributed by atoms with Crippen molar-refractivity contribution in [2.24, 2.45) is 5.92 Å². The van der Waals surface area contributed by atoms with Crippen molar-refractivity contribution in [3.8, 4) is 5.75 Å². The van der Waals surface area contributed by atoms with Crippen molar-refractivity contribution in [2.75, 3.05) is 31.8 Å². The maximum Gasteiger partial charge on any atom is 0.234 e. The van der Waals surface area contributed by atoms with Crippen LogP contribution in [0.25, 0.3) is 0 Å². The second-order valence-electron chi connectivity index (χ2n) is 8.82. The van der Waals surface area contributed by atoms with Gasteiger partial charge >= 0.3 is 0 Å². The number of sulfone groups is 1. The minimum Gasteiger partial charge on any atom is -0.490 e. The van der Waals surface area contributed by atoms with E-state index in [-0.39, 0.29) is 36.7 Å². The molecule has 4 rings (SSSR count). The molecule has 0 saturated carbocycles. The van der Waals surface area contributed by atoms with E-state index >= 15 is 4.39 Å². The number of hydrogen-bond donors (Lipinski definition) is 1.